The first kappa shape index (κ1) is 17.0. The van der Waals surface area contributed by atoms with E-state index < -0.39 is 5.76 Å². The zero-order chi connectivity index (χ0) is 17.3. The van der Waals surface area contributed by atoms with Gasteiger partial charge in [0.25, 0.3) is 0 Å². The van der Waals surface area contributed by atoms with E-state index in [4.69, 9.17) is 21.8 Å². The number of fused-ring (bicyclic) bond motifs is 1. The molecule has 7 heteroatoms. The number of benzene rings is 1. The molecule has 0 spiro atoms. The van der Waals surface area contributed by atoms with Gasteiger partial charge in [-0.15, -0.1) is 0 Å². The number of piperidine rings is 1. The van der Waals surface area contributed by atoms with Gasteiger partial charge in [-0.1, -0.05) is 18.5 Å². The van der Waals surface area contributed by atoms with Crippen molar-refractivity contribution >= 4 is 28.6 Å². The molecule has 0 bridgehead atoms. The van der Waals surface area contributed by atoms with E-state index >= 15 is 0 Å². The number of oxazole rings is 1. The van der Waals surface area contributed by atoms with Crippen LogP contribution in [0.3, 0.4) is 0 Å². The van der Waals surface area contributed by atoms with Crippen LogP contribution in [0.2, 0.25) is 5.02 Å². The van der Waals surface area contributed by atoms with Crippen LogP contribution < -0.4 is 11.5 Å². The summed E-state index contributed by atoms with van der Waals surface area (Å²) in [5.41, 5.74) is 6.91. The molecule has 130 valence electrons. The monoisotopic (exact) mass is 351 g/mol. The standard InChI is InChI=1S/C17H22ClN3O3/c1-11-4-6-20(13(8-11)10-19)16(22)5-7-21-14-3-2-12(18)9-15(14)24-17(21)23/h2-3,9,11,13H,4-8,10,19H2,1H3. The highest BCUT2D eigenvalue weighted by molar-refractivity contribution is 6.31. The summed E-state index contributed by atoms with van der Waals surface area (Å²) in [7, 11) is 0. The van der Waals surface area contributed by atoms with Crippen LogP contribution in [0.25, 0.3) is 11.1 Å². The minimum absolute atomic E-state index is 0.0348. The van der Waals surface area contributed by atoms with E-state index in [1.807, 2.05) is 4.90 Å². The number of hydrogen-bond acceptors (Lipinski definition) is 4. The van der Waals surface area contributed by atoms with Crippen molar-refractivity contribution in [3.05, 3.63) is 33.8 Å². The van der Waals surface area contributed by atoms with Crippen LogP contribution in [0.4, 0.5) is 0 Å². The van der Waals surface area contributed by atoms with Gasteiger partial charge >= 0.3 is 5.76 Å². The molecule has 1 amide bonds. The number of rotatable bonds is 4. The molecule has 0 saturated carbocycles. The third kappa shape index (κ3) is 3.35. The van der Waals surface area contributed by atoms with Crippen molar-refractivity contribution in [2.24, 2.45) is 11.7 Å². The maximum Gasteiger partial charge on any atom is 0.419 e. The molecule has 3 rings (SSSR count). The molecule has 2 heterocycles. The van der Waals surface area contributed by atoms with Crippen molar-refractivity contribution in [2.45, 2.75) is 38.8 Å². The topological polar surface area (TPSA) is 81.5 Å². The minimum Gasteiger partial charge on any atom is -0.408 e. The van der Waals surface area contributed by atoms with Crippen LogP contribution in [0.15, 0.2) is 27.4 Å². The number of nitrogens with two attached hydrogens (primary N) is 1. The second kappa shape index (κ2) is 6.99. The lowest BCUT2D eigenvalue weighted by atomic mass is 9.92. The fourth-order valence-corrected chi connectivity index (χ4v) is 3.57. The molecule has 1 fully saturated rings. The van der Waals surface area contributed by atoms with Crippen LogP contribution >= 0.6 is 11.6 Å². The smallest absolute Gasteiger partial charge is 0.408 e. The molecule has 2 unspecified atom stereocenters. The largest absolute Gasteiger partial charge is 0.419 e. The second-order valence-electron chi connectivity index (χ2n) is 6.49. The molecule has 2 aromatic rings. The van der Waals surface area contributed by atoms with E-state index in [9.17, 15) is 9.59 Å². The summed E-state index contributed by atoms with van der Waals surface area (Å²) < 4.78 is 6.67. The van der Waals surface area contributed by atoms with Crippen molar-refractivity contribution in [1.29, 1.82) is 0 Å². The number of aryl methyl sites for hydroxylation is 1. The van der Waals surface area contributed by atoms with Gasteiger partial charge in [-0.3, -0.25) is 9.36 Å². The van der Waals surface area contributed by atoms with Crippen molar-refractivity contribution in [3.63, 3.8) is 0 Å². The van der Waals surface area contributed by atoms with E-state index in [1.54, 1.807) is 18.2 Å². The highest BCUT2D eigenvalue weighted by atomic mass is 35.5. The average molecular weight is 352 g/mol. The van der Waals surface area contributed by atoms with E-state index in [-0.39, 0.29) is 24.9 Å². The molecule has 1 aliphatic heterocycles. The molecule has 1 aliphatic rings. The zero-order valence-electron chi connectivity index (χ0n) is 13.7. The minimum atomic E-state index is -0.470. The first-order chi connectivity index (χ1) is 11.5. The summed E-state index contributed by atoms with van der Waals surface area (Å²) >= 11 is 5.91. The van der Waals surface area contributed by atoms with Gasteiger partial charge in [-0.25, -0.2) is 4.79 Å². The Kier molecular flexibility index (Phi) is 4.96. The third-order valence-corrected chi connectivity index (χ3v) is 4.99. The normalized spacial score (nSPS) is 21.4. The molecule has 2 atom stereocenters. The predicted molar refractivity (Wildman–Crippen MR) is 93.1 cm³/mol. The van der Waals surface area contributed by atoms with Crippen LogP contribution in [0.1, 0.15) is 26.2 Å². The van der Waals surface area contributed by atoms with Crippen molar-refractivity contribution in [2.75, 3.05) is 13.1 Å². The Morgan fingerprint density at radius 2 is 2.25 bits per heavy atom. The van der Waals surface area contributed by atoms with Gasteiger partial charge < -0.3 is 15.1 Å². The molecule has 0 aliphatic carbocycles. The van der Waals surface area contributed by atoms with Crippen LogP contribution in [-0.4, -0.2) is 34.5 Å². The number of carbonyl (C=O) groups excluding carboxylic acids is 1. The SMILES string of the molecule is CC1CCN(C(=O)CCn2c(=O)oc3cc(Cl)ccc32)C(CN)C1. The molecular weight excluding hydrogens is 330 g/mol. The molecule has 6 nitrogen and oxygen atoms in total. The molecule has 1 saturated heterocycles. The van der Waals surface area contributed by atoms with Crippen molar-refractivity contribution in [1.82, 2.24) is 9.47 Å². The van der Waals surface area contributed by atoms with E-state index in [0.29, 0.717) is 28.6 Å². The first-order valence-electron chi connectivity index (χ1n) is 8.28. The van der Waals surface area contributed by atoms with Gasteiger partial charge in [-0.2, -0.15) is 0 Å². The number of hydrogen-bond donors (Lipinski definition) is 1. The molecule has 0 radical (unpaired) electrons. The van der Waals surface area contributed by atoms with Crippen LogP contribution in [0, 0.1) is 5.92 Å². The number of nitrogens with zero attached hydrogens (tertiary/aromatic N) is 2. The Bertz CT molecular complexity index is 798. The van der Waals surface area contributed by atoms with Gasteiger partial charge in [0.2, 0.25) is 5.91 Å². The first-order valence-corrected chi connectivity index (χ1v) is 8.66. The molecule has 2 N–H and O–H groups in total. The number of halogens is 1. The lowest BCUT2D eigenvalue weighted by Crippen LogP contribution is -2.49. The van der Waals surface area contributed by atoms with E-state index in [1.165, 1.54) is 4.57 Å². The quantitative estimate of drug-likeness (QED) is 0.915. The summed E-state index contributed by atoms with van der Waals surface area (Å²) in [6.07, 6.45) is 2.19. The number of likely N-dealkylation sites (tertiary alicyclic amines) is 1. The van der Waals surface area contributed by atoms with Gasteiger partial charge in [0.15, 0.2) is 5.58 Å². The zero-order valence-corrected chi connectivity index (χ0v) is 14.5. The summed E-state index contributed by atoms with van der Waals surface area (Å²) in [5, 5.41) is 0.507. The van der Waals surface area contributed by atoms with Crippen LogP contribution in [-0.2, 0) is 11.3 Å². The Hall–Kier alpha value is -1.79. The van der Waals surface area contributed by atoms with E-state index in [0.717, 1.165) is 19.4 Å². The predicted octanol–water partition coefficient (Wildman–Crippen LogP) is 2.22. The van der Waals surface area contributed by atoms with Gasteiger partial charge in [-0.05, 0) is 30.9 Å². The fraction of sp³-hybridized carbons (Fsp3) is 0.529. The Morgan fingerprint density at radius 3 is 3.00 bits per heavy atom. The van der Waals surface area contributed by atoms with Gasteiger partial charge in [0.05, 0.1) is 5.52 Å². The highest BCUT2D eigenvalue weighted by Crippen LogP contribution is 2.23. The van der Waals surface area contributed by atoms with Crippen molar-refractivity contribution in [3.8, 4) is 0 Å². The fourth-order valence-electron chi connectivity index (χ4n) is 3.41. The van der Waals surface area contributed by atoms with Crippen LogP contribution in [0.5, 0.6) is 0 Å². The Balaban J connectivity index is 1.72. The molecular formula is C17H22ClN3O3. The number of carbonyl (C=O) groups is 1. The summed E-state index contributed by atoms with van der Waals surface area (Å²) in [6, 6.07) is 5.14. The third-order valence-electron chi connectivity index (χ3n) is 4.75. The Labute approximate surface area is 145 Å². The number of amides is 1. The molecule has 1 aromatic carbocycles. The lowest BCUT2D eigenvalue weighted by Gasteiger charge is -2.38. The lowest BCUT2D eigenvalue weighted by molar-refractivity contribution is -0.135. The summed E-state index contributed by atoms with van der Waals surface area (Å²) in [5.74, 6) is 0.156. The maximum atomic E-state index is 12.6. The van der Waals surface area contributed by atoms with Crippen molar-refractivity contribution < 1.29 is 9.21 Å². The van der Waals surface area contributed by atoms with Gasteiger partial charge in [0, 0.05) is 43.2 Å². The van der Waals surface area contributed by atoms with Gasteiger partial charge in [0.1, 0.15) is 0 Å². The molecule has 1 aromatic heterocycles. The average Bonchev–Trinajstić information content (AvgIpc) is 2.86. The summed E-state index contributed by atoms with van der Waals surface area (Å²) in [6.45, 7) is 3.68. The summed E-state index contributed by atoms with van der Waals surface area (Å²) in [4.78, 5) is 26.4. The van der Waals surface area contributed by atoms with E-state index in [2.05, 4.69) is 6.92 Å². The highest BCUT2D eigenvalue weighted by Gasteiger charge is 2.28. The Morgan fingerprint density at radius 1 is 1.46 bits per heavy atom. The second-order valence-corrected chi connectivity index (χ2v) is 6.92. The molecule has 24 heavy (non-hydrogen) atoms. The number of aromatic nitrogens is 1. The maximum absolute atomic E-state index is 12.6.